The van der Waals surface area contributed by atoms with Crippen LogP contribution in [-0.2, 0) is 9.63 Å². The van der Waals surface area contributed by atoms with Crippen LogP contribution in [0, 0.1) is 0 Å². The van der Waals surface area contributed by atoms with E-state index in [0.29, 0.717) is 0 Å². The molecule has 1 saturated heterocycles. The lowest BCUT2D eigenvalue weighted by atomic mass is 10.2. The maximum Gasteiger partial charge on any atom is 0.263 e. The molecule has 0 aliphatic carbocycles. The summed E-state index contributed by atoms with van der Waals surface area (Å²) in [6.45, 7) is 0.258. The molecule has 1 heterocycles. The van der Waals surface area contributed by atoms with Crippen LogP contribution in [-0.4, -0.2) is 43.9 Å². The van der Waals surface area contributed by atoms with Gasteiger partial charge in [0.2, 0.25) is 0 Å². The van der Waals surface area contributed by atoms with Gasteiger partial charge < -0.3 is 5.32 Å². The molecule has 1 aliphatic rings. The lowest BCUT2D eigenvalue weighted by molar-refractivity contribution is -0.170. The highest BCUT2D eigenvalue weighted by Crippen LogP contribution is 2.11. The molecule has 1 aliphatic heterocycles. The fourth-order valence-corrected chi connectivity index (χ4v) is 1.19. The number of amides is 1. The number of hydrogen-bond acceptors (Lipinski definition) is 3. The standard InChI is InChI=1S/C7H13FN2O2.ClH/c1-10(12-2)7(11)6-3-5(8)4-9-6;/h5-6,9H,3-4H2,1-2H3;1H/t5-,6+;/m0./s1. The molecule has 4 nitrogen and oxygen atoms in total. The fraction of sp³-hybridized carbons (Fsp3) is 0.857. The maximum absolute atomic E-state index is 12.6. The minimum atomic E-state index is -0.913. The summed E-state index contributed by atoms with van der Waals surface area (Å²) in [4.78, 5) is 16.0. The van der Waals surface area contributed by atoms with Gasteiger partial charge in [0.05, 0.1) is 13.2 Å². The third-order valence-corrected chi connectivity index (χ3v) is 1.96. The Morgan fingerprint density at radius 2 is 2.31 bits per heavy atom. The van der Waals surface area contributed by atoms with Crippen molar-refractivity contribution < 1.29 is 14.0 Å². The first-order chi connectivity index (χ1) is 5.65. The van der Waals surface area contributed by atoms with Crippen LogP contribution in [0.25, 0.3) is 0 Å². The summed E-state index contributed by atoms with van der Waals surface area (Å²) in [5.74, 6) is -0.224. The van der Waals surface area contributed by atoms with Gasteiger partial charge in [-0.1, -0.05) is 0 Å². The van der Waals surface area contributed by atoms with Gasteiger partial charge in [0, 0.05) is 20.0 Å². The summed E-state index contributed by atoms with van der Waals surface area (Å²) in [6.07, 6.45) is -0.670. The quantitative estimate of drug-likeness (QED) is 0.662. The summed E-state index contributed by atoms with van der Waals surface area (Å²) in [5.41, 5.74) is 0. The number of likely N-dealkylation sites (N-methyl/N-ethyl adjacent to an activating group) is 1. The number of halogens is 2. The van der Waals surface area contributed by atoms with Gasteiger partial charge in [0.15, 0.2) is 0 Å². The van der Waals surface area contributed by atoms with E-state index < -0.39 is 12.2 Å². The average molecular weight is 213 g/mol. The number of carbonyl (C=O) groups is 1. The van der Waals surface area contributed by atoms with Gasteiger partial charge in [-0.05, 0) is 0 Å². The molecule has 0 radical (unpaired) electrons. The molecule has 0 aromatic rings. The smallest absolute Gasteiger partial charge is 0.263 e. The van der Waals surface area contributed by atoms with Gasteiger partial charge in [-0.2, -0.15) is 0 Å². The highest BCUT2D eigenvalue weighted by Gasteiger charge is 2.31. The third kappa shape index (κ3) is 3.10. The van der Waals surface area contributed by atoms with Crippen LogP contribution in [0.15, 0.2) is 0 Å². The fourth-order valence-electron chi connectivity index (χ4n) is 1.19. The van der Waals surface area contributed by atoms with E-state index in [4.69, 9.17) is 0 Å². The second-order valence-electron chi connectivity index (χ2n) is 2.81. The molecule has 0 saturated carbocycles. The molecular weight excluding hydrogens is 199 g/mol. The highest BCUT2D eigenvalue weighted by atomic mass is 35.5. The maximum atomic E-state index is 12.6. The molecule has 0 spiro atoms. The Hall–Kier alpha value is -0.390. The van der Waals surface area contributed by atoms with Crippen molar-refractivity contribution in [3.8, 4) is 0 Å². The van der Waals surface area contributed by atoms with Crippen LogP contribution in [0.2, 0.25) is 0 Å². The SMILES string of the molecule is CON(C)C(=O)[C@H]1C[C@H](F)CN1.Cl. The first kappa shape index (κ1) is 12.6. The Balaban J connectivity index is 0.00000144. The summed E-state index contributed by atoms with van der Waals surface area (Å²) in [5, 5.41) is 3.88. The monoisotopic (exact) mass is 212 g/mol. The number of hydrogen-bond donors (Lipinski definition) is 1. The van der Waals surface area contributed by atoms with E-state index in [1.54, 1.807) is 0 Å². The molecule has 2 atom stereocenters. The predicted molar refractivity (Wildman–Crippen MR) is 48.3 cm³/mol. The molecule has 1 fully saturated rings. The van der Waals surface area contributed by atoms with E-state index in [-0.39, 0.29) is 31.3 Å². The number of nitrogens with one attached hydrogen (secondary N) is 1. The number of alkyl halides is 1. The highest BCUT2D eigenvalue weighted by molar-refractivity contribution is 5.85. The topological polar surface area (TPSA) is 41.6 Å². The van der Waals surface area contributed by atoms with E-state index in [1.165, 1.54) is 14.2 Å². The number of rotatable bonds is 2. The molecule has 78 valence electrons. The number of hydroxylamine groups is 2. The van der Waals surface area contributed by atoms with E-state index in [0.717, 1.165) is 5.06 Å². The molecule has 0 bridgehead atoms. The minimum absolute atomic E-state index is 0. The van der Waals surface area contributed by atoms with Crippen molar-refractivity contribution >= 4 is 18.3 Å². The van der Waals surface area contributed by atoms with E-state index in [2.05, 4.69) is 10.2 Å². The summed E-state index contributed by atoms with van der Waals surface area (Å²) >= 11 is 0. The van der Waals surface area contributed by atoms with Crippen molar-refractivity contribution in [3.63, 3.8) is 0 Å². The molecule has 13 heavy (non-hydrogen) atoms. The summed E-state index contributed by atoms with van der Waals surface area (Å²) in [7, 11) is 2.91. The van der Waals surface area contributed by atoms with Crippen LogP contribution in [0.3, 0.4) is 0 Å². The first-order valence-electron chi connectivity index (χ1n) is 3.84. The Labute approximate surface area is 82.8 Å². The number of carbonyl (C=O) groups excluding carboxylic acids is 1. The van der Waals surface area contributed by atoms with Crippen molar-refractivity contribution in [3.05, 3.63) is 0 Å². The summed E-state index contributed by atoms with van der Waals surface area (Å²) in [6, 6.07) is -0.426. The Morgan fingerprint density at radius 1 is 1.69 bits per heavy atom. The van der Waals surface area contributed by atoms with Crippen molar-refractivity contribution in [1.29, 1.82) is 0 Å². The largest absolute Gasteiger partial charge is 0.303 e. The summed E-state index contributed by atoms with van der Waals surface area (Å²) < 4.78 is 12.6. The lowest BCUT2D eigenvalue weighted by Crippen LogP contribution is -2.40. The Kier molecular flexibility index (Phi) is 5.20. The van der Waals surface area contributed by atoms with Gasteiger partial charge >= 0.3 is 0 Å². The van der Waals surface area contributed by atoms with Gasteiger partial charge in [0.25, 0.3) is 5.91 Å². The zero-order valence-electron chi connectivity index (χ0n) is 7.62. The predicted octanol–water partition coefficient (Wildman–Crippen LogP) is 0.128. The molecule has 0 unspecified atom stereocenters. The van der Waals surface area contributed by atoms with E-state index >= 15 is 0 Å². The van der Waals surface area contributed by atoms with Crippen LogP contribution in [0.5, 0.6) is 0 Å². The molecular formula is C7H14ClFN2O2. The van der Waals surface area contributed by atoms with Crippen molar-refractivity contribution in [2.24, 2.45) is 0 Å². The van der Waals surface area contributed by atoms with Gasteiger partial charge in [-0.3, -0.25) is 9.63 Å². The van der Waals surface area contributed by atoms with Crippen LogP contribution in [0.4, 0.5) is 4.39 Å². The molecule has 6 heteroatoms. The van der Waals surface area contributed by atoms with E-state index in [1.807, 2.05) is 0 Å². The van der Waals surface area contributed by atoms with Gasteiger partial charge in [-0.15, -0.1) is 12.4 Å². The van der Waals surface area contributed by atoms with Crippen LogP contribution in [0.1, 0.15) is 6.42 Å². The third-order valence-electron chi connectivity index (χ3n) is 1.96. The average Bonchev–Trinajstić information content (AvgIpc) is 2.49. The molecule has 0 aromatic heterocycles. The Bertz CT molecular complexity index is 182. The van der Waals surface area contributed by atoms with Crippen LogP contribution >= 0.6 is 12.4 Å². The molecule has 1 rings (SSSR count). The second kappa shape index (κ2) is 5.36. The number of nitrogens with zero attached hydrogens (tertiary/aromatic N) is 1. The van der Waals surface area contributed by atoms with Crippen molar-refractivity contribution in [2.45, 2.75) is 18.6 Å². The zero-order valence-corrected chi connectivity index (χ0v) is 8.44. The lowest BCUT2D eigenvalue weighted by Gasteiger charge is -2.17. The van der Waals surface area contributed by atoms with Gasteiger partial charge in [-0.25, -0.2) is 9.45 Å². The second-order valence-corrected chi connectivity index (χ2v) is 2.81. The molecule has 0 aromatic carbocycles. The van der Waals surface area contributed by atoms with E-state index in [9.17, 15) is 9.18 Å². The first-order valence-corrected chi connectivity index (χ1v) is 3.84. The minimum Gasteiger partial charge on any atom is -0.303 e. The van der Waals surface area contributed by atoms with Gasteiger partial charge in [0.1, 0.15) is 6.17 Å². The van der Waals surface area contributed by atoms with Crippen molar-refractivity contribution in [2.75, 3.05) is 20.7 Å². The molecule has 1 amide bonds. The Morgan fingerprint density at radius 3 is 2.69 bits per heavy atom. The zero-order chi connectivity index (χ0) is 9.14. The molecule has 1 N–H and O–H groups in total. The van der Waals surface area contributed by atoms with Crippen LogP contribution < -0.4 is 5.32 Å². The normalized spacial score (nSPS) is 26.7. The van der Waals surface area contributed by atoms with Crippen molar-refractivity contribution in [1.82, 2.24) is 10.4 Å².